The van der Waals surface area contributed by atoms with Gasteiger partial charge in [0.2, 0.25) is 6.79 Å². The number of aromatic nitrogens is 12. The minimum Gasteiger partial charge on any atom is -0.454 e. The average Bonchev–Trinajstić information content (AvgIpc) is 1.67. The van der Waals surface area contributed by atoms with Gasteiger partial charge in [0, 0.05) is 144 Å². The summed E-state index contributed by atoms with van der Waals surface area (Å²) in [5.74, 6) is -0.698. The van der Waals surface area contributed by atoms with E-state index in [1.54, 1.807) is 60.7 Å². The first-order chi connectivity index (χ1) is 70.1. The summed E-state index contributed by atoms with van der Waals surface area (Å²) in [5.41, 5.74) is 28.8. The zero-order chi connectivity index (χ0) is 99.2. The first kappa shape index (κ1) is 94.1. The third-order valence-electron chi connectivity index (χ3n) is 25.0. The highest BCUT2D eigenvalue weighted by atomic mass is 35.5. The summed E-state index contributed by atoms with van der Waals surface area (Å²) in [7, 11) is 0. The maximum absolute atomic E-state index is 14.1. The maximum atomic E-state index is 14.1. The molecule has 7 N–H and O–H groups in total. The molecular formula is C116H79Cl3F4N12O9. The second kappa shape index (κ2) is 41.5. The Kier molecular flexibility index (Phi) is 27.1. The number of H-pyrrole nitrogens is 6. The van der Waals surface area contributed by atoms with Crippen LogP contribution in [-0.2, 0) is 45.1 Å². The number of hydrogen-bond donors (Lipinski definition) is 7. The second-order valence-corrected chi connectivity index (χ2v) is 35.8. The molecule has 0 fully saturated rings. The lowest BCUT2D eigenvalue weighted by Crippen LogP contribution is -1.94. The molecular weight excluding hydrogens is 1890 g/mol. The molecule has 6 aromatic heterocycles. The van der Waals surface area contributed by atoms with Crippen molar-refractivity contribution in [2.75, 3.05) is 6.79 Å². The molecule has 28 heteroatoms. The molecule has 25 rings (SSSR count). The number of halogens is 7. The number of ketones is 6. The Balaban J connectivity index is 0.000000105. The lowest BCUT2D eigenvalue weighted by atomic mass is 10.1. The molecule has 144 heavy (non-hydrogen) atoms. The van der Waals surface area contributed by atoms with Crippen molar-refractivity contribution in [2.24, 2.45) is 0 Å². The van der Waals surface area contributed by atoms with Crippen LogP contribution in [0.2, 0.25) is 15.1 Å². The smallest absolute Gasteiger partial charge is 0.231 e. The van der Waals surface area contributed by atoms with Crippen molar-refractivity contribution < 1.29 is 60.9 Å². The van der Waals surface area contributed by atoms with E-state index in [2.05, 4.69) is 61.2 Å². The van der Waals surface area contributed by atoms with Crippen molar-refractivity contribution in [3.63, 3.8) is 0 Å². The Morgan fingerprint density at radius 3 is 0.910 bits per heavy atom. The highest BCUT2D eigenvalue weighted by Crippen LogP contribution is 2.40. The van der Waals surface area contributed by atoms with Gasteiger partial charge in [-0.05, 0) is 209 Å². The molecule has 1 aliphatic heterocycles. The monoisotopic (exact) mass is 1960 g/mol. The van der Waals surface area contributed by atoms with E-state index < -0.39 is 17.5 Å². The van der Waals surface area contributed by atoms with E-state index in [4.69, 9.17) is 49.4 Å². The molecule has 12 aromatic carbocycles. The summed E-state index contributed by atoms with van der Waals surface area (Å²) in [6.45, 7) is 0.0388. The number of rotatable bonds is 13. The SMILES string of the molecule is O=C1/C(=C/c2cc(-c3ccc(CO)cc3F)n[nH]2)Cc2ccccc21.O=C1/C(=C/c2cc(-c3ccc(Cl)c(Cl)c3)n[nH]2)Cc2ccccc21.O=C1/C(=C/c2cc(-c3ccc(Cl)cc3)n[nH]2)Cc2ccccc21.O=C1/C(=C/c2cc(-c3ccc(F)c(F)c3)n[nH]2)Cc2ccccc21.O=C1/C(=C/c2cc(-c3ccc(F)cc3)n[nH]2)Cc2ccccc21.O=C1/C(=C/c2cc(-c3ccc4c(c3)OCO4)n[nH]2)Cc2ccccc21. The number of aliphatic hydroxyl groups excluding tert-OH is 1. The summed E-state index contributed by atoms with van der Waals surface area (Å²) in [6, 6.07) is 89.8. The number of nitrogens with zero attached hydrogens (tertiary/aromatic N) is 6. The molecule has 0 amide bonds. The summed E-state index contributed by atoms with van der Waals surface area (Å²) >= 11 is 17.9. The fraction of sp³-hybridized carbons (Fsp3) is 0.0690. The van der Waals surface area contributed by atoms with Gasteiger partial charge in [0.05, 0.1) is 85.0 Å². The van der Waals surface area contributed by atoms with E-state index in [0.29, 0.717) is 104 Å². The molecule has 706 valence electrons. The fourth-order valence-electron chi connectivity index (χ4n) is 17.8. The van der Waals surface area contributed by atoms with Gasteiger partial charge in [-0.15, -0.1) is 0 Å². The molecule has 0 saturated heterocycles. The second-order valence-electron chi connectivity index (χ2n) is 34.6. The molecule has 18 aromatic rings. The van der Waals surface area contributed by atoms with E-state index in [-0.39, 0.29) is 53.9 Å². The number of benzene rings is 12. The number of carbonyl (C=O) groups is 6. The van der Waals surface area contributed by atoms with Crippen molar-refractivity contribution in [3.05, 3.63) is 482 Å². The van der Waals surface area contributed by atoms with Gasteiger partial charge in [-0.25, -0.2) is 17.6 Å². The van der Waals surface area contributed by atoms with Gasteiger partial charge >= 0.3 is 0 Å². The number of ether oxygens (including phenoxy) is 2. The number of Topliss-reactive ketones (excluding diaryl/α,β-unsaturated/α-hetero) is 6. The molecule has 7 heterocycles. The molecule has 0 spiro atoms. The van der Waals surface area contributed by atoms with E-state index in [1.165, 1.54) is 24.3 Å². The lowest BCUT2D eigenvalue weighted by Gasteiger charge is -2.01. The number of aliphatic hydroxyl groups is 1. The number of fused-ring (bicyclic) bond motifs is 7. The van der Waals surface area contributed by atoms with Crippen LogP contribution in [0.25, 0.3) is 104 Å². The number of hydrogen-bond acceptors (Lipinski definition) is 15. The number of nitrogens with one attached hydrogen (secondary N) is 6. The molecule has 21 nitrogen and oxygen atoms in total. The van der Waals surface area contributed by atoms with Gasteiger partial charge < -0.3 is 14.6 Å². The zero-order valence-electron chi connectivity index (χ0n) is 76.0. The predicted molar refractivity (Wildman–Crippen MR) is 546 cm³/mol. The Bertz CT molecular complexity index is 8040. The highest BCUT2D eigenvalue weighted by Gasteiger charge is 2.31. The van der Waals surface area contributed by atoms with Gasteiger partial charge in [-0.1, -0.05) is 205 Å². The quantitative estimate of drug-likeness (QED) is 0.0417. The van der Waals surface area contributed by atoms with Gasteiger partial charge in [0.25, 0.3) is 0 Å². The van der Waals surface area contributed by atoms with Crippen molar-refractivity contribution >= 4 is 106 Å². The number of carbonyl (C=O) groups excluding carboxylic acids is 6. The first-order valence-corrected chi connectivity index (χ1v) is 46.7. The normalized spacial score (nSPS) is 15.3. The van der Waals surface area contributed by atoms with Crippen LogP contribution in [-0.4, -0.2) is 108 Å². The average molecular weight is 1970 g/mol. The van der Waals surface area contributed by atoms with Crippen LogP contribution < -0.4 is 9.47 Å². The highest BCUT2D eigenvalue weighted by molar-refractivity contribution is 6.42. The van der Waals surface area contributed by atoms with Crippen LogP contribution in [0, 0.1) is 23.3 Å². The number of aromatic amines is 6. The third kappa shape index (κ3) is 20.8. The Labute approximate surface area is 835 Å². The third-order valence-corrected chi connectivity index (χ3v) is 26.0. The molecule has 7 aliphatic rings. The Hall–Kier alpha value is -17.5. The molecule has 0 unspecified atom stereocenters. The van der Waals surface area contributed by atoms with Gasteiger partial charge in [0.1, 0.15) is 11.6 Å². The van der Waals surface area contributed by atoms with Crippen LogP contribution in [0.4, 0.5) is 17.6 Å². The molecule has 6 aliphatic carbocycles. The topological polar surface area (TPSA) is 313 Å². The van der Waals surface area contributed by atoms with Crippen LogP contribution >= 0.6 is 34.8 Å². The predicted octanol–water partition coefficient (Wildman–Crippen LogP) is 25.1. The summed E-state index contributed by atoms with van der Waals surface area (Å²) in [6.07, 6.45) is 14.8. The van der Waals surface area contributed by atoms with Crippen LogP contribution in [0.5, 0.6) is 11.5 Å². The zero-order valence-corrected chi connectivity index (χ0v) is 78.3. The Morgan fingerprint density at radius 2 is 0.569 bits per heavy atom. The first-order valence-electron chi connectivity index (χ1n) is 45.6. The largest absolute Gasteiger partial charge is 0.454 e. The van der Waals surface area contributed by atoms with Crippen LogP contribution in [0.15, 0.2) is 337 Å². The number of allylic oxidation sites excluding steroid dienone is 6. The van der Waals surface area contributed by atoms with Gasteiger partial charge in [-0.2, -0.15) is 30.6 Å². The van der Waals surface area contributed by atoms with Gasteiger partial charge in [-0.3, -0.25) is 59.4 Å². The van der Waals surface area contributed by atoms with Crippen LogP contribution in [0.1, 0.15) is 135 Å². The standard InChI is InChI=1S/C20H15FN2O2.C20H14N2O3.C19H12Cl2N2O.C19H13ClN2O.C19H12F2N2O.C19H13FN2O/c21-18-7-12(11-24)5-6-17(18)19-10-15(22-23-19)9-14-8-13-3-1-2-4-16(13)20(14)25;23-20-14(7-12-3-1-2-4-16(12)20)8-15-10-17(22-21-15)13-5-6-18-19(9-13)25-11-24-18;20-16-6-5-12(9-17(16)21)18-10-14(22-23-18)8-13-7-11-3-1-2-4-15(11)19(13)24;20-15-7-5-12(6-8-15)18-11-16(21-22-18)10-14-9-13-3-1-2-4-17(13)19(14)23;20-16-6-5-12(9-17(16)21)18-10-14(22-23-18)8-13-7-11-3-1-2-4-15(11)19(13)24;20-15-7-5-12(6-8-15)18-11-16(21-22-18)10-14-9-13-3-1-2-4-17(13)19(14)23/h1-7,9-10,24H,8,11H2,(H,22,23);1-6,8-10H,7,11H2,(H,21,22);1-6,8-10H,7H2,(H,22,23);1-8,10-11H,9H2,(H,21,22);1-6,8-10H,7H2,(H,22,23);1-8,10-11H,9H2,(H,21,22)/b14-9+;14-8+;13-8+;14-10+;13-8+;14-10+. The van der Waals surface area contributed by atoms with Crippen molar-refractivity contribution in [1.82, 2.24) is 61.2 Å². The minimum absolute atomic E-state index is 0.00887. The van der Waals surface area contributed by atoms with E-state index in [1.807, 2.05) is 243 Å². The van der Waals surface area contributed by atoms with Gasteiger partial charge in [0.15, 0.2) is 57.8 Å². The fourth-order valence-corrected chi connectivity index (χ4v) is 18.2. The van der Waals surface area contributed by atoms with E-state index in [9.17, 15) is 46.3 Å². The summed E-state index contributed by atoms with van der Waals surface area (Å²) in [4.78, 5) is 74.4. The van der Waals surface area contributed by atoms with E-state index >= 15 is 0 Å². The summed E-state index contributed by atoms with van der Waals surface area (Å²) in [5, 5.41) is 53.7. The lowest BCUT2D eigenvalue weighted by molar-refractivity contribution is 0.103. The molecule has 0 atom stereocenters. The molecule has 0 bridgehead atoms. The Morgan fingerprint density at radius 1 is 0.271 bits per heavy atom. The summed E-state index contributed by atoms with van der Waals surface area (Å²) < 4.78 is 64.2. The molecule has 0 saturated carbocycles. The van der Waals surface area contributed by atoms with Crippen LogP contribution in [0.3, 0.4) is 0 Å². The minimum atomic E-state index is -0.920. The maximum Gasteiger partial charge on any atom is 0.231 e. The van der Waals surface area contributed by atoms with Crippen molar-refractivity contribution in [1.29, 1.82) is 0 Å². The van der Waals surface area contributed by atoms with E-state index in [0.717, 1.165) is 180 Å². The van der Waals surface area contributed by atoms with Crippen molar-refractivity contribution in [3.8, 4) is 79.0 Å². The van der Waals surface area contributed by atoms with Crippen molar-refractivity contribution in [2.45, 2.75) is 45.1 Å². The molecule has 0 radical (unpaired) electrons.